The van der Waals surface area contributed by atoms with Crippen LogP contribution in [0.5, 0.6) is 0 Å². The van der Waals surface area contributed by atoms with Crippen molar-refractivity contribution in [2.45, 2.75) is 26.7 Å². The van der Waals surface area contributed by atoms with Crippen LogP contribution >= 0.6 is 27.3 Å². The molecule has 1 heterocycles. The lowest BCUT2D eigenvalue weighted by atomic mass is 10.1. The number of carbonyl (C=O) groups excluding carboxylic acids is 1. The molecule has 0 aliphatic rings. The lowest BCUT2D eigenvalue weighted by Gasteiger charge is -2.02. The molecule has 18 heavy (non-hydrogen) atoms. The minimum absolute atomic E-state index is 0.247. The molecule has 2 aromatic rings. The molecule has 1 aromatic heterocycles. The summed E-state index contributed by atoms with van der Waals surface area (Å²) < 4.78 is 1.08. The second kappa shape index (κ2) is 5.81. The Labute approximate surface area is 120 Å². The quantitative estimate of drug-likeness (QED) is 0.682. The van der Waals surface area contributed by atoms with Crippen molar-refractivity contribution in [3.05, 3.63) is 45.2 Å². The van der Waals surface area contributed by atoms with Crippen molar-refractivity contribution in [1.29, 1.82) is 0 Å². The lowest BCUT2D eigenvalue weighted by molar-refractivity contribution is 0.0985. The number of rotatable bonds is 4. The van der Waals surface area contributed by atoms with E-state index < -0.39 is 0 Å². The van der Waals surface area contributed by atoms with Gasteiger partial charge in [0.25, 0.3) is 0 Å². The fraction of sp³-hybridized carbons (Fsp3) is 0.267. The molecular weight excluding hydrogens is 308 g/mol. The number of benzene rings is 1. The number of ketones is 1. The molecule has 94 valence electrons. The molecule has 0 aliphatic carbocycles. The van der Waals surface area contributed by atoms with Gasteiger partial charge in [-0.25, -0.2) is 0 Å². The third kappa shape index (κ3) is 2.90. The minimum Gasteiger partial charge on any atom is -0.293 e. The van der Waals surface area contributed by atoms with Crippen LogP contribution in [0, 0.1) is 6.92 Å². The highest BCUT2D eigenvalue weighted by molar-refractivity contribution is 9.10. The Hall–Kier alpha value is -0.930. The minimum atomic E-state index is 0.247. The third-order valence-electron chi connectivity index (χ3n) is 2.75. The molecule has 2 rings (SSSR count). The van der Waals surface area contributed by atoms with E-state index in [1.807, 2.05) is 19.1 Å². The van der Waals surface area contributed by atoms with Gasteiger partial charge in [0.15, 0.2) is 5.78 Å². The Morgan fingerprint density at radius 1 is 1.28 bits per heavy atom. The first-order chi connectivity index (χ1) is 8.61. The summed E-state index contributed by atoms with van der Waals surface area (Å²) in [5.41, 5.74) is 2.38. The van der Waals surface area contributed by atoms with Crippen molar-refractivity contribution in [1.82, 2.24) is 0 Å². The van der Waals surface area contributed by atoms with Gasteiger partial charge < -0.3 is 0 Å². The van der Waals surface area contributed by atoms with E-state index in [0.29, 0.717) is 6.42 Å². The SMILES string of the molecule is CCCC(=O)c1ccc(-c2ccc(C)cc2Br)s1. The summed E-state index contributed by atoms with van der Waals surface area (Å²) in [6.45, 7) is 4.10. The van der Waals surface area contributed by atoms with Crippen molar-refractivity contribution in [2.75, 3.05) is 0 Å². The van der Waals surface area contributed by atoms with Crippen LogP contribution in [-0.4, -0.2) is 5.78 Å². The van der Waals surface area contributed by atoms with E-state index >= 15 is 0 Å². The molecule has 0 saturated carbocycles. The molecule has 0 unspecified atom stereocenters. The van der Waals surface area contributed by atoms with Crippen molar-refractivity contribution >= 4 is 33.0 Å². The van der Waals surface area contributed by atoms with Crippen LogP contribution < -0.4 is 0 Å². The topological polar surface area (TPSA) is 17.1 Å². The number of carbonyl (C=O) groups is 1. The van der Waals surface area contributed by atoms with Gasteiger partial charge in [-0.3, -0.25) is 4.79 Å². The largest absolute Gasteiger partial charge is 0.293 e. The fourth-order valence-electron chi connectivity index (χ4n) is 1.80. The van der Waals surface area contributed by atoms with E-state index in [-0.39, 0.29) is 5.78 Å². The van der Waals surface area contributed by atoms with Crippen LogP contribution in [0.1, 0.15) is 35.0 Å². The normalized spacial score (nSPS) is 10.6. The molecule has 0 aliphatic heterocycles. The maximum atomic E-state index is 11.8. The van der Waals surface area contributed by atoms with Crippen molar-refractivity contribution in [3.63, 3.8) is 0 Å². The zero-order chi connectivity index (χ0) is 13.1. The number of Topliss-reactive ketones (excluding diaryl/α,β-unsaturated/α-hetero) is 1. The number of thiophene rings is 1. The van der Waals surface area contributed by atoms with Gasteiger partial charge in [0.2, 0.25) is 0 Å². The number of aryl methyl sites for hydroxylation is 1. The average Bonchev–Trinajstić information content (AvgIpc) is 2.78. The Morgan fingerprint density at radius 3 is 2.72 bits per heavy atom. The van der Waals surface area contributed by atoms with Gasteiger partial charge in [-0.05, 0) is 37.1 Å². The average molecular weight is 323 g/mol. The van der Waals surface area contributed by atoms with Crippen LogP contribution in [0.4, 0.5) is 0 Å². The van der Waals surface area contributed by atoms with Crippen molar-refractivity contribution in [3.8, 4) is 10.4 Å². The van der Waals surface area contributed by atoms with Crippen LogP contribution in [0.25, 0.3) is 10.4 Å². The zero-order valence-electron chi connectivity index (χ0n) is 10.5. The van der Waals surface area contributed by atoms with Gasteiger partial charge in [-0.15, -0.1) is 11.3 Å². The molecule has 1 nitrogen and oxygen atoms in total. The highest BCUT2D eigenvalue weighted by atomic mass is 79.9. The van der Waals surface area contributed by atoms with Gasteiger partial charge >= 0.3 is 0 Å². The standard InChI is InChI=1S/C15H15BrOS/c1-3-4-13(17)15-8-7-14(18-15)11-6-5-10(2)9-12(11)16/h5-9H,3-4H2,1-2H3. The third-order valence-corrected chi connectivity index (χ3v) is 4.56. The summed E-state index contributed by atoms with van der Waals surface area (Å²) in [5.74, 6) is 0.247. The maximum Gasteiger partial charge on any atom is 0.172 e. The smallest absolute Gasteiger partial charge is 0.172 e. The summed E-state index contributed by atoms with van der Waals surface area (Å²) in [7, 11) is 0. The van der Waals surface area contributed by atoms with Crippen LogP contribution in [0.2, 0.25) is 0 Å². The van der Waals surface area contributed by atoms with Gasteiger partial charge in [-0.2, -0.15) is 0 Å². The number of hydrogen-bond donors (Lipinski definition) is 0. The Bertz CT molecular complexity index is 572. The van der Waals surface area contributed by atoms with Gasteiger partial charge in [0.1, 0.15) is 0 Å². The molecule has 0 radical (unpaired) electrons. The molecule has 3 heteroatoms. The molecule has 0 atom stereocenters. The Kier molecular flexibility index (Phi) is 4.36. The van der Waals surface area contributed by atoms with E-state index in [2.05, 4.69) is 41.1 Å². The first-order valence-electron chi connectivity index (χ1n) is 6.01. The highest BCUT2D eigenvalue weighted by Gasteiger charge is 2.11. The van der Waals surface area contributed by atoms with Crippen LogP contribution in [-0.2, 0) is 0 Å². The first kappa shape index (κ1) is 13.5. The maximum absolute atomic E-state index is 11.8. The van der Waals surface area contributed by atoms with E-state index in [1.165, 1.54) is 5.56 Å². The summed E-state index contributed by atoms with van der Waals surface area (Å²) in [5, 5.41) is 0. The van der Waals surface area contributed by atoms with E-state index in [9.17, 15) is 4.79 Å². The summed E-state index contributed by atoms with van der Waals surface area (Å²) >= 11 is 5.16. The predicted molar refractivity (Wildman–Crippen MR) is 81.4 cm³/mol. The second-order valence-electron chi connectivity index (χ2n) is 4.32. The molecular formula is C15H15BrOS. The highest BCUT2D eigenvalue weighted by Crippen LogP contribution is 2.34. The van der Waals surface area contributed by atoms with E-state index in [1.54, 1.807) is 11.3 Å². The summed E-state index contributed by atoms with van der Waals surface area (Å²) in [4.78, 5) is 13.8. The van der Waals surface area contributed by atoms with Crippen LogP contribution in [0.3, 0.4) is 0 Å². The number of halogens is 1. The molecule has 0 saturated heterocycles. The van der Waals surface area contributed by atoms with Crippen molar-refractivity contribution < 1.29 is 4.79 Å². The molecule has 0 amide bonds. The first-order valence-corrected chi connectivity index (χ1v) is 7.62. The Balaban J connectivity index is 2.32. The second-order valence-corrected chi connectivity index (χ2v) is 6.26. The molecule has 0 N–H and O–H groups in total. The zero-order valence-corrected chi connectivity index (χ0v) is 12.9. The monoisotopic (exact) mass is 322 g/mol. The lowest BCUT2D eigenvalue weighted by Crippen LogP contribution is -1.93. The van der Waals surface area contributed by atoms with Gasteiger partial charge in [0.05, 0.1) is 4.88 Å². The van der Waals surface area contributed by atoms with Gasteiger partial charge in [0, 0.05) is 21.3 Å². The van der Waals surface area contributed by atoms with Crippen molar-refractivity contribution in [2.24, 2.45) is 0 Å². The predicted octanol–water partition coefficient (Wildman–Crippen LogP) is 5.47. The molecule has 0 bridgehead atoms. The summed E-state index contributed by atoms with van der Waals surface area (Å²) in [6, 6.07) is 10.3. The fourth-order valence-corrected chi connectivity index (χ4v) is 3.65. The summed E-state index contributed by atoms with van der Waals surface area (Å²) in [6.07, 6.45) is 1.54. The van der Waals surface area contributed by atoms with Gasteiger partial charge in [-0.1, -0.05) is 35.0 Å². The van der Waals surface area contributed by atoms with E-state index in [0.717, 1.165) is 26.2 Å². The van der Waals surface area contributed by atoms with Crippen LogP contribution in [0.15, 0.2) is 34.8 Å². The Morgan fingerprint density at radius 2 is 2.06 bits per heavy atom. The molecule has 0 spiro atoms. The van der Waals surface area contributed by atoms with E-state index in [4.69, 9.17) is 0 Å². The molecule has 0 fully saturated rings. The number of hydrogen-bond acceptors (Lipinski definition) is 2. The molecule has 1 aromatic carbocycles.